The van der Waals surface area contributed by atoms with Crippen LogP contribution in [-0.2, 0) is 6.54 Å². The van der Waals surface area contributed by atoms with Crippen LogP contribution < -0.4 is 9.64 Å². The number of hydrogen-bond donors (Lipinski definition) is 1. The van der Waals surface area contributed by atoms with Gasteiger partial charge in [0.2, 0.25) is 0 Å². The van der Waals surface area contributed by atoms with E-state index in [2.05, 4.69) is 35.4 Å². The predicted octanol–water partition coefficient (Wildman–Crippen LogP) is 4.94. The summed E-state index contributed by atoms with van der Waals surface area (Å²) in [6.07, 6.45) is 4.22. The molecule has 0 radical (unpaired) electrons. The normalized spacial score (nSPS) is 15.1. The van der Waals surface area contributed by atoms with E-state index in [1.807, 2.05) is 60.7 Å². The van der Waals surface area contributed by atoms with Crippen LogP contribution >= 0.6 is 11.3 Å². The summed E-state index contributed by atoms with van der Waals surface area (Å²) < 4.78 is 11.4. The molecular weight excluding hydrogens is 368 g/mol. The number of rotatable bonds is 6. The minimum absolute atomic E-state index is 0.749. The Kier molecular flexibility index (Phi) is 4.45. The first-order valence-corrected chi connectivity index (χ1v) is 9.96. The molecule has 0 amide bonds. The van der Waals surface area contributed by atoms with Gasteiger partial charge in [-0.3, -0.25) is 0 Å². The Morgan fingerprint density at radius 3 is 2.50 bits per heavy atom. The maximum Gasteiger partial charge on any atom is 0.167 e. The summed E-state index contributed by atoms with van der Waals surface area (Å²) in [7, 11) is 0. The zero-order chi connectivity index (χ0) is 18.8. The summed E-state index contributed by atoms with van der Waals surface area (Å²) in [4.78, 5) is 2.70. The van der Waals surface area contributed by atoms with Crippen LogP contribution in [0.5, 0.6) is 11.5 Å². The maximum absolute atomic E-state index is 5.84. The van der Waals surface area contributed by atoms with E-state index in [0.29, 0.717) is 0 Å². The van der Waals surface area contributed by atoms with Gasteiger partial charge in [0.15, 0.2) is 5.76 Å². The first kappa shape index (κ1) is 16.9. The van der Waals surface area contributed by atoms with Gasteiger partial charge in [-0.05, 0) is 42.5 Å². The molecule has 0 aliphatic carbocycles. The molecule has 0 saturated carbocycles. The summed E-state index contributed by atoms with van der Waals surface area (Å²) in [5.74, 6) is 2.36. The number of aromatic nitrogens is 1. The van der Waals surface area contributed by atoms with E-state index in [1.165, 1.54) is 9.78 Å². The third kappa shape index (κ3) is 3.58. The van der Waals surface area contributed by atoms with Crippen LogP contribution in [0.4, 0.5) is 0 Å². The first-order chi connectivity index (χ1) is 13.8. The Morgan fingerprint density at radius 1 is 0.964 bits per heavy atom. The molecule has 138 valence electrons. The highest BCUT2D eigenvalue weighted by molar-refractivity contribution is 7.10. The lowest BCUT2D eigenvalue weighted by Gasteiger charge is -2.28. The van der Waals surface area contributed by atoms with Crippen molar-refractivity contribution in [3.63, 3.8) is 0 Å². The van der Waals surface area contributed by atoms with Gasteiger partial charge in [0.25, 0.3) is 0 Å². The van der Waals surface area contributed by atoms with Crippen LogP contribution in [0.15, 0.2) is 88.9 Å². The molecule has 2 aromatic carbocycles. The van der Waals surface area contributed by atoms with E-state index in [9.17, 15) is 0 Å². The van der Waals surface area contributed by atoms with E-state index in [4.69, 9.17) is 9.26 Å². The Bertz CT molecular complexity index is 1100. The smallest absolute Gasteiger partial charge is 0.167 e. The molecule has 0 spiro atoms. The van der Waals surface area contributed by atoms with Gasteiger partial charge in [0.1, 0.15) is 17.2 Å². The second kappa shape index (κ2) is 7.38. The first-order valence-electron chi connectivity index (χ1n) is 9.08. The fraction of sp³-hybridized carbons (Fsp3) is 0.0435. The maximum atomic E-state index is 5.84. The monoisotopic (exact) mass is 386 g/mol. The zero-order valence-corrected chi connectivity index (χ0v) is 15.9. The van der Waals surface area contributed by atoms with Gasteiger partial charge in [-0.15, -0.1) is 17.4 Å². The number of nitrogens with zero attached hydrogens (tertiary/aromatic N) is 1. The van der Waals surface area contributed by atoms with E-state index in [0.717, 1.165) is 40.6 Å². The largest absolute Gasteiger partial charge is 0.457 e. The van der Waals surface area contributed by atoms with Crippen molar-refractivity contribution >= 4 is 11.3 Å². The second-order valence-corrected chi connectivity index (χ2v) is 7.59. The highest BCUT2D eigenvalue weighted by atomic mass is 32.1. The van der Waals surface area contributed by atoms with Crippen molar-refractivity contribution in [3.8, 4) is 34.1 Å². The Balaban J connectivity index is 1.29. The lowest BCUT2D eigenvalue weighted by atomic mass is 10.1. The van der Waals surface area contributed by atoms with Gasteiger partial charge in [-0.1, -0.05) is 36.1 Å². The highest BCUT2D eigenvalue weighted by Crippen LogP contribution is 2.30. The number of para-hydroxylation sites is 1. The molecule has 1 aliphatic heterocycles. The van der Waals surface area contributed by atoms with Gasteiger partial charge in [0.05, 0.1) is 11.4 Å². The summed E-state index contributed by atoms with van der Waals surface area (Å²) in [5, 5.41) is 6.39. The summed E-state index contributed by atoms with van der Waals surface area (Å²) in [5.41, 5.74) is 2.93. The Hall–Kier alpha value is -3.28. The van der Waals surface area contributed by atoms with E-state index in [-0.39, 0.29) is 0 Å². The van der Waals surface area contributed by atoms with Crippen LogP contribution in [0.3, 0.4) is 0 Å². The van der Waals surface area contributed by atoms with Crippen LogP contribution in [0.25, 0.3) is 22.6 Å². The summed E-state index contributed by atoms with van der Waals surface area (Å²) >= 11 is 1.76. The van der Waals surface area contributed by atoms with Crippen molar-refractivity contribution in [2.24, 2.45) is 0 Å². The van der Waals surface area contributed by atoms with Crippen molar-refractivity contribution in [2.75, 3.05) is 0 Å². The lowest BCUT2D eigenvalue weighted by molar-refractivity contribution is -0.840. The molecule has 3 heterocycles. The van der Waals surface area contributed by atoms with Crippen LogP contribution in [0.1, 0.15) is 4.88 Å². The standard InChI is InChI=1S/C23H18N2O2S/c1-2-5-19(6-3-1)26-20-9-7-17(8-10-20)23-14-22(24-27-23)18-13-21(28-16-18)15-25-11-4-12-25/h1-14,16,25H,15H2. The molecule has 0 saturated heterocycles. The zero-order valence-electron chi connectivity index (χ0n) is 15.0. The molecule has 1 N–H and O–H groups in total. The predicted molar refractivity (Wildman–Crippen MR) is 110 cm³/mol. The molecule has 2 aromatic heterocycles. The summed E-state index contributed by atoms with van der Waals surface area (Å²) in [6.45, 7) is 3.13. The number of benzene rings is 2. The molecule has 4 aromatic rings. The molecular formula is C23H18N2O2S. The Labute approximate surface area is 167 Å². The summed E-state index contributed by atoms with van der Waals surface area (Å²) in [6, 6.07) is 21.8. The fourth-order valence-electron chi connectivity index (χ4n) is 3.02. The van der Waals surface area contributed by atoms with Gasteiger partial charge < -0.3 is 14.2 Å². The number of ether oxygens (including phenoxy) is 1. The molecule has 4 nitrogen and oxygen atoms in total. The van der Waals surface area contributed by atoms with Crippen molar-refractivity contribution < 1.29 is 14.2 Å². The van der Waals surface area contributed by atoms with Gasteiger partial charge in [0, 0.05) is 22.6 Å². The van der Waals surface area contributed by atoms with Gasteiger partial charge >= 0.3 is 0 Å². The number of nitrogens with one attached hydrogen (secondary N) is 1. The minimum atomic E-state index is 0.749. The van der Waals surface area contributed by atoms with Crippen molar-refractivity contribution in [2.45, 2.75) is 6.54 Å². The average molecular weight is 386 g/mol. The van der Waals surface area contributed by atoms with Crippen molar-refractivity contribution in [1.82, 2.24) is 5.16 Å². The third-order valence-corrected chi connectivity index (χ3v) is 5.51. The van der Waals surface area contributed by atoms with Crippen LogP contribution in [0, 0.1) is 6.54 Å². The van der Waals surface area contributed by atoms with E-state index in [1.54, 1.807) is 11.3 Å². The quantitative estimate of drug-likeness (QED) is 0.477. The molecule has 0 fully saturated rings. The van der Waals surface area contributed by atoms with Crippen LogP contribution in [-0.4, -0.2) is 5.16 Å². The second-order valence-electron chi connectivity index (χ2n) is 6.60. The fourth-order valence-corrected chi connectivity index (χ4v) is 3.93. The van der Waals surface area contributed by atoms with Gasteiger partial charge in [-0.25, -0.2) is 0 Å². The van der Waals surface area contributed by atoms with Crippen LogP contribution in [0.2, 0.25) is 0 Å². The molecule has 1 unspecified atom stereocenters. The topological polar surface area (TPSA) is 39.7 Å². The molecule has 5 rings (SSSR count). The van der Waals surface area contributed by atoms with Gasteiger partial charge in [-0.2, -0.15) is 0 Å². The van der Waals surface area contributed by atoms with Crippen molar-refractivity contribution in [3.05, 3.63) is 95.8 Å². The molecule has 1 aliphatic rings. The Morgan fingerprint density at radius 2 is 1.75 bits per heavy atom. The van der Waals surface area contributed by atoms with Crippen molar-refractivity contribution in [1.29, 1.82) is 0 Å². The molecule has 0 bridgehead atoms. The van der Waals surface area contributed by atoms with E-state index >= 15 is 0 Å². The third-order valence-electron chi connectivity index (χ3n) is 4.58. The molecule has 5 heteroatoms. The molecule has 1 atom stereocenters. The average Bonchev–Trinajstić information content (AvgIpc) is 3.36. The lowest BCUT2D eigenvalue weighted by Crippen LogP contribution is -3.06. The number of thiophene rings is 1. The minimum Gasteiger partial charge on any atom is -0.457 e. The number of hydrogen-bond acceptors (Lipinski definition) is 4. The number of quaternary nitrogens is 1. The SMILES string of the molecule is C1=C[NH+](Cc2cc(-c3cc(-c4ccc(Oc5ccccc5)cc4)on3)cs2)[CH-]1. The highest BCUT2D eigenvalue weighted by Gasteiger charge is 2.12. The van der Waals surface area contributed by atoms with E-state index < -0.39 is 0 Å². The molecule has 28 heavy (non-hydrogen) atoms.